The second kappa shape index (κ2) is 11.0. The summed E-state index contributed by atoms with van der Waals surface area (Å²) in [4.78, 5) is 19.2. The number of hydrogen-bond donors (Lipinski definition) is 0. The van der Waals surface area contributed by atoms with Gasteiger partial charge >= 0.3 is 0 Å². The molecule has 1 fully saturated rings. The van der Waals surface area contributed by atoms with E-state index in [4.69, 9.17) is 23.4 Å². The van der Waals surface area contributed by atoms with Crippen LogP contribution in [0.4, 0.5) is 0 Å². The number of benzene rings is 2. The Balaban J connectivity index is 1.38. The monoisotopic (exact) mass is 466 g/mol. The fraction of sp³-hybridized carbons (Fsp3) is 0.385. The van der Waals surface area contributed by atoms with Crippen LogP contribution >= 0.6 is 0 Å². The molecule has 8 nitrogen and oxygen atoms in total. The van der Waals surface area contributed by atoms with Gasteiger partial charge in [-0.15, -0.1) is 0 Å². The minimum Gasteiger partial charge on any atom is -0.496 e. The van der Waals surface area contributed by atoms with E-state index in [-0.39, 0.29) is 18.4 Å². The number of likely N-dealkylation sites (tertiary alicyclic amines) is 1. The van der Waals surface area contributed by atoms with E-state index in [0.717, 1.165) is 29.9 Å². The van der Waals surface area contributed by atoms with E-state index in [9.17, 15) is 4.79 Å². The number of rotatable bonds is 9. The topological polar surface area (TPSA) is 83.3 Å². The molecule has 0 aliphatic carbocycles. The first-order valence-electron chi connectivity index (χ1n) is 11.3. The summed E-state index contributed by atoms with van der Waals surface area (Å²) in [6.45, 7) is 1.12. The molecule has 1 aliphatic heterocycles. The molecular formula is C26H30N2O6. The molecule has 3 aromatic rings. The molecule has 1 unspecified atom stereocenters. The minimum absolute atomic E-state index is 0.0462. The van der Waals surface area contributed by atoms with Crippen LogP contribution in [0.5, 0.6) is 23.0 Å². The second-order valence-corrected chi connectivity index (χ2v) is 8.11. The third-order valence-corrected chi connectivity index (χ3v) is 5.97. The average molecular weight is 467 g/mol. The number of oxazole rings is 1. The van der Waals surface area contributed by atoms with E-state index in [0.29, 0.717) is 42.6 Å². The van der Waals surface area contributed by atoms with Crippen LogP contribution in [0.25, 0.3) is 0 Å². The van der Waals surface area contributed by atoms with Crippen LogP contribution < -0.4 is 18.9 Å². The van der Waals surface area contributed by atoms with Gasteiger partial charge in [-0.25, -0.2) is 4.98 Å². The molecule has 1 amide bonds. The van der Waals surface area contributed by atoms with Gasteiger partial charge in [0.15, 0.2) is 24.0 Å². The Morgan fingerprint density at radius 2 is 1.74 bits per heavy atom. The summed E-state index contributed by atoms with van der Waals surface area (Å²) >= 11 is 0. The zero-order valence-corrected chi connectivity index (χ0v) is 19.8. The molecule has 0 saturated carbocycles. The fourth-order valence-electron chi connectivity index (χ4n) is 4.22. The predicted octanol–water partition coefficient (Wildman–Crippen LogP) is 4.08. The van der Waals surface area contributed by atoms with E-state index >= 15 is 0 Å². The van der Waals surface area contributed by atoms with E-state index in [1.165, 1.54) is 0 Å². The zero-order chi connectivity index (χ0) is 23.9. The maximum atomic E-state index is 12.9. The van der Waals surface area contributed by atoms with Gasteiger partial charge in [-0.1, -0.05) is 24.3 Å². The number of carbonyl (C=O) groups is 1. The SMILES string of the molecule is COc1ccccc1Cc1cnc(C2CCCN(C(=O)COc3c(OC)cccc3OC)C2)o1. The number of aromatic nitrogens is 1. The van der Waals surface area contributed by atoms with E-state index in [2.05, 4.69) is 4.98 Å². The molecule has 1 saturated heterocycles. The number of para-hydroxylation sites is 2. The van der Waals surface area contributed by atoms with Crippen molar-refractivity contribution in [1.29, 1.82) is 0 Å². The average Bonchev–Trinajstić information content (AvgIpc) is 3.36. The molecular weight excluding hydrogens is 436 g/mol. The lowest BCUT2D eigenvalue weighted by Crippen LogP contribution is -2.41. The molecule has 34 heavy (non-hydrogen) atoms. The molecule has 180 valence electrons. The number of nitrogens with zero attached hydrogens (tertiary/aromatic N) is 2. The van der Waals surface area contributed by atoms with Gasteiger partial charge in [0, 0.05) is 25.1 Å². The Labute approximate surface area is 199 Å². The highest BCUT2D eigenvalue weighted by atomic mass is 16.5. The van der Waals surface area contributed by atoms with Gasteiger partial charge in [-0.3, -0.25) is 4.79 Å². The normalized spacial score (nSPS) is 15.6. The standard InChI is InChI=1S/C26H30N2O6/c1-30-21-10-5-4-8-18(21)14-20-15-27-26(34-20)19-9-7-13-28(16-19)24(29)17-33-25-22(31-2)11-6-12-23(25)32-3/h4-6,8,10-12,15,19H,7,9,13-14,16-17H2,1-3H3. The molecule has 0 radical (unpaired) electrons. The summed E-state index contributed by atoms with van der Waals surface area (Å²) in [7, 11) is 4.76. The summed E-state index contributed by atoms with van der Waals surface area (Å²) in [5, 5.41) is 0. The van der Waals surface area contributed by atoms with Crippen LogP contribution in [0, 0.1) is 0 Å². The number of ether oxygens (including phenoxy) is 4. The minimum atomic E-state index is -0.103. The molecule has 1 atom stereocenters. The molecule has 1 aliphatic rings. The molecule has 4 rings (SSSR count). The van der Waals surface area contributed by atoms with Crippen molar-refractivity contribution in [2.45, 2.75) is 25.2 Å². The van der Waals surface area contributed by atoms with Crippen molar-refractivity contribution < 1.29 is 28.2 Å². The largest absolute Gasteiger partial charge is 0.496 e. The van der Waals surface area contributed by atoms with Gasteiger partial charge in [0.1, 0.15) is 11.5 Å². The fourth-order valence-corrected chi connectivity index (χ4v) is 4.22. The molecule has 2 aromatic carbocycles. The lowest BCUT2D eigenvalue weighted by atomic mass is 9.98. The van der Waals surface area contributed by atoms with Gasteiger partial charge in [-0.05, 0) is 31.0 Å². The summed E-state index contributed by atoms with van der Waals surface area (Å²) in [6, 6.07) is 13.2. The first-order chi connectivity index (χ1) is 16.6. The second-order valence-electron chi connectivity index (χ2n) is 8.11. The predicted molar refractivity (Wildman–Crippen MR) is 126 cm³/mol. The van der Waals surface area contributed by atoms with Crippen LogP contribution in [0.2, 0.25) is 0 Å². The quantitative estimate of drug-likeness (QED) is 0.470. The summed E-state index contributed by atoms with van der Waals surface area (Å²) in [6.07, 6.45) is 4.15. The number of hydrogen-bond acceptors (Lipinski definition) is 7. The number of piperidine rings is 1. The Bertz CT molecular complexity index is 1090. The van der Waals surface area contributed by atoms with Crippen molar-refractivity contribution in [2.75, 3.05) is 41.0 Å². The Morgan fingerprint density at radius 1 is 1.03 bits per heavy atom. The van der Waals surface area contributed by atoms with Crippen molar-refractivity contribution in [1.82, 2.24) is 9.88 Å². The molecule has 8 heteroatoms. The van der Waals surface area contributed by atoms with Gasteiger partial charge in [-0.2, -0.15) is 0 Å². The highest BCUT2D eigenvalue weighted by molar-refractivity contribution is 5.78. The molecule has 0 bridgehead atoms. The summed E-state index contributed by atoms with van der Waals surface area (Å²) in [5.41, 5.74) is 1.04. The lowest BCUT2D eigenvalue weighted by molar-refractivity contribution is -0.134. The van der Waals surface area contributed by atoms with Crippen LogP contribution in [-0.4, -0.2) is 56.8 Å². The van der Waals surface area contributed by atoms with E-state index < -0.39 is 0 Å². The summed E-state index contributed by atoms with van der Waals surface area (Å²) < 4.78 is 28.0. The van der Waals surface area contributed by atoms with Crippen LogP contribution in [-0.2, 0) is 11.2 Å². The Kier molecular flexibility index (Phi) is 7.57. The van der Waals surface area contributed by atoms with Gasteiger partial charge in [0.2, 0.25) is 5.75 Å². The Morgan fingerprint density at radius 3 is 2.47 bits per heavy atom. The maximum Gasteiger partial charge on any atom is 0.260 e. The third kappa shape index (κ3) is 5.27. The van der Waals surface area contributed by atoms with E-state index in [1.807, 2.05) is 24.3 Å². The van der Waals surface area contributed by atoms with Crippen LogP contribution in [0.3, 0.4) is 0 Å². The van der Waals surface area contributed by atoms with Crippen molar-refractivity contribution in [3.63, 3.8) is 0 Å². The van der Waals surface area contributed by atoms with Crippen molar-refractivity contribution >= 4 is 5.91 Å². The number of amides is 1. The van der Waals surface area contributed by atoms with E-state index in [1.54, 1.807) is 50.6 Å². The Hall–Kier alpha value is -3.68. The maximum absolute atomic E-state index is 12.9. The highest BCUT2D eigenvalue weighted by Crippen LogP contribution is 2.37. The van der Waals surface area contributed by atoms with Crippen molar-refractivity contribution in [3.8, 4) is 23.0 Å². The molecule has 2 heterocycles. The van der Waals surface area contributed by atoms with Crippen LogP contribution in [0.15, 0.2) is 53.1 Å². The summed E-state index contributed by atoms with van der Waals surface area (Å²) in [5.74, 6) is 3.66. The number of methoxy groups -OCH3 is 3. The van der Waals surface area contributed by atoms with Crippen molar-refractivity contribution in [2.24, 2.45) is 0 Å². The molecule has 1 aromatic heterocycles. The first kappa shape index (κ1) is 23.5. The van der Waals surface area contributed by atoms with Gasteiger partial charge in [0.05, 0.1) is 33.4 Å². The third-order valence-electron chi connectivity index (χ3n) is 5.97. The lowest BCUT2D eigenvalue weighted by Gasteiger charge is -2.31. The number of carbonyl (C=O) groups excluding carboxylic acids is 1. The van der Waals surface area contributed by atoms with Crippen LogP contribution in [0.1, 0.15) is 36.0 Å². The molecule has 0 spiro atoms. The van der Waals surface area contributed by atoms with Gasteiger partial charge in [0.25, 0.3) is 5.91 Å². The highest BCUT2D eigenvalue weighted by Gasteiger charge is 2.28. The van der Waals surface area contributed by atoms with Crippen molar-refractivity contribution in [3.05, 3.63) is 65.9 Å². The first-order valence-corrected chi connectivity index (χ1v) is 11.3. The van der Waals surface area contributed by atoms with Gasteiger partial charge < -0.3 is 28.3 Å². The zero-order valence-electron chi connectivity index (χ0n) is 19.8. The molecule has 0 N–H and O–H groups in total. The smallest absolute Gasteiger partial charge is 0.260 e.